The maximum absolute atomic E-state index is 12.3. The van der Waals surface area contributed by atoms with E-state index in [-0.39, 0.29) is 11.8 Å². The topological polar surface area (TPSA) is 80.3 Å². The Morgan fingerprint density at radius 3 is 2.96 bits per heavy atom. The molecule has 0 spiro atoms. The maximum atomic E-state index is 12.3. The lowest BCUT2D eigenvalue weighted by Crippen LogP contribution is -2.34. The summed E-state index contributed by atoms with van der Waals surface area (Å²) in [6.07, 6.45) is 7.47. The number of amides is 2. The number of carbonyl (C=O) groups is 2. The number of rotatable bonds is 5. The summed E-state index contributed by atoms with van der Waals surface area (Å²) in [5, 5.41) is 8.29. The summed E-state index contributed by atoms with van der Waals surface area (Å²) in [6, 6.07) is 5.60. The molecule has 1 fully saturated rings. The van der Waals surface area contributed by atoms with Crippen LogP contribution in [0.15, 0.2) is 23.6 Å². The van der Waals surface area contributed by atoms with Crippen LogP contribution < -0.4 is 15.4 Å². The fraction of sp³-hybridized carbons (Fsp3) is 0.476. The molecule has 1 aliphatic carbocycles. The summed E-state index contributed by atoms with van der Waals surface area (Å²) in [5.74, 6) is 1.23. The minimum absolute atomic E-state index is 0.0339. The van der Waals surface area contributed by atoms with Crippen molar-refractivity contribution in [2.24, 2.45) is 5.92 Å². The Labute approximate surface area is 168 Å². The van der Waals surface area contributed by atoms with Crippen LogP contribution in [0.25, 0.3) is 11.3 Å². The molecule has 0 bridgehead atoms. The number of ether oxygens (including phenoxy) is 1. The van der Waals surface area contributed by atoms with Crippen molar-refractivity contribution in [2.75, 3.05) is 10.6 Å². The third-order valence-electron chi connectivity index (χ3n) is 5.46. The SMILES string of the molecule is CC1Oc2ccc(-c3csc(NC(=O)CCC4CCCCC4)n3)cc2NC1=O. The molecule has 1 aliphatic heterocycles. The molecule has 2 heterocycles. The lowest BCUT2D eigenvalue weighted by Gasteiger charge is -2.23. The van der Waals surface area contributed by atoms with Gasteiger partial charge in [0.15, 0.2) is 11.2 Å². The number of hydrogen-bond acceptors (Lipinski definition) is 5. The van der Waals surface area contributed by atoms with Gasteiger partial charge in [-0.25, -0.2) is 4.98 Å². The normalized spacial score (nSPS) is 19.5. The van der Waals surface area contributed by atoms with E-state index in [2.05, 4.69) is 15.6 Å². The minimum atomic E-state index is -0.493. The second-order valence-electron chi connectivity index (χ2n) is 7.59. The Balaban J connectivity index is 1.37. The first kappa shape index (κ1) is 18.9. The van der Waals surface area contributed by atoms with E-state index in [1.165, 1.54) is 43.4 Å². The van der Waals surface area contributed by atoms with E-state index in [0.717, 1.165) is 17.7 Å². The number of hydrogen-bond donors (Lipinski definition) is 2. The van der Waals surface area contributed by atoms with Gasteiger partial charge in [0.05, 0.1) is 11.4 Å². The van der Waals surface area contributed by atoms with Gasteiger partial charge in [-0.15, -0.1) is 11.3 Å². The fourth-order valence-corrected chi connectivity index (χ4v) is 4.56. The third kappa shape index (κ3) is 4.35. The lowest BCUT2D eigenvalue weighted by atomic mass is 9.86. The number of fused-ring (bicyclic) bond motifs is 1. The fourth-order valence-electron chi connectivity index (χ4n) is 3.82. The van der Waals surface area contributed by atoms with Crippen LogP contribution >= 0.6 is 11.3 Å². The molecule has 0 saturated heterocycles. The van der Waals surface area contributed by atoms with Crippen LogP contribution in [0, 0.1) is 5.92 Å². The molecule has 6 nitrogen and oxygen atoms in total. The van der Waals surface area contributed by atoms with Gasteiger partial charge in [0.1, 0.15) is 5.75 Å². The van der Waals surface area contributed by atoms with E-state index in [1.54, 1.807) is 6.92 Å². The van der Waals surface area contributed by atoms with Crippen molar-refractivity contribution >= 4 is 34.0 Å². The highest BCUT2D eigenvalue weighted by Gasteiger charge is 2.24. The Morgan fingerprint density at radius 1 is 1.32 bits per heavy atom. The van der Waals surface area contributed by atoms with Crippen LogP contribution in [0.3, 0.4) is 0 Å². The molecular weight excluding hydrogens is 374 g/mol. The van der Waals surface area contributed by atoms with Crippen LogP contribution in [-0.4, -0.2) is 22.9 Å². The molecule has 4 rings (SSSR count). The molecular formula is C21H25N3O3S. The molecule has 7 heteroatoms. The standard InChI is InChI=1S/C21H25N3O3S/c1-13-20(26)22-16-11-15(8-9-18(16)27-13)17-12-28-21(23-17)24-19(25)10-7-14-5-3-2-4-6-14/h8-9,11-14H,2-7,10H2,1H3,(H,22,26)(H,23,24,25). The summed E-state index contributed by atoms with van der Waals surface area (Å²) in [7, 11) is 0. The number of carbonyl (C=O) groups excluding carboxylic acids is 2. The highest BCUT2D eigenvalue weighted by molar-refractivity contribution is 7.14. The number of nitrogens with one attached hydrogen (secondary N) is 2. The van der Waals surface area contributed by atoms with Gasteiger partial charge in [-0.2, -0.15) is 0 Å². The largest absolute Gasteiger partial charge is 0.479 e. The first-order valence-corrected chi connectivity index (χ1v) is 10.8. The Hall–Kier alpha value is -2.41. The molecule has 0 radical (unpaired) electrons. The molecule has 2 amide bonds. The van der Waals surface area contributed by atoms with Gasteiger partial charge in [-0.3, -0.25) is 9.59 Å². The summed E-state index contributed by atoms with van der Waals surface area (Å²) >= 11 is 1.41. The zero-order valence-electron chi connectivity index (χ0n) is 16.0. The van der Waals surface area contributed by atoms with Gasteiger partial charge in [0.2, 0.25) is 5.91 Å². The van der Waals surface area contributed by atoms with Gasteiger partial charge in [-0.1, -0.05) is 32.1 Å². The Bertz CT molecular complexity index is 874. The predicted octanol–water partition coefficient (Wildman–Crippen LogP) is 4.83. The van der Waals surface area contributed by atoms with Crippen molar-refractivity contribution in [3.63, 3.8) is 0 Å². The van der Waals surface area contributed by atoms with Crippen molar-refractivity contribution in [1.82, 2.24) is 4.98 Å². The van der Waals surface area contributed by atoms with Crippen molar-refractivity contribution in [1.29, 1.82) is 0 Å². The van der Waals surface area contributed by atoms with Crippen LogP contribution in [-0.2, 0) is 9.59 Å². The first-order chi connectivity index (χ1) is 13.6. The number of benzene rings is 1. The number of thiazole rings is 1. The lowest BCUT2D eigenvalue weighted by molar-refractivity contribution is -0.122. The van der Waals surface area contributed by atoms with E-state index < -0.39 is 6.10 Å². The van der Waals surface area contributed by atoms with Gasteiger partial charge in [-0.05, 0) is 37.5 Å². The molecule has 1 unspecified atom stereocenters. The quantitative estimate of drug-likeness (QED) is 0.755. The highest BCUT2D eigenvalue weighted by Crippen LogP contribution is 2.35. The Morgan fingerprint density at radius 2 is 2.14 bits per heavy atom. The zero-order chi connectivity index (χ0) is 19.5. The van der Waals surface area contributed by atoms with E-state index in [1.807, 2.05) is 23.6 Å². The van der Waals surface area contributed by atoms with Crippen molar-refractivity contribution in [2.45, 2.75) is 58.0 Å². The number of nitrogens with zero attached hydrogens (tertiary/aromatic N) is 1. The van der Waals surface area contributed by atoms with Crippen molar-refractivity contribution in [3.8, 4) is 17.0 Å². The monoisotopic (exact) mass is 399 g/mol. The van der Waals surface area contributed by atoms with Gasteiger partial charge >= 0.3 is 0 Å². The van der Waals surface area contributed by atoms with E-state index >= 15 is 0 Å². The van der Waals surface area contributed by atoms with Crippen molar-refractivity contribution in [3.05, 3.63) is 23.6 Å². The van der Waals surface area contributed by atoms with Gasteiger partial charge in [0.25, 0.3) is 5.91 Å². The minimum Gasteiger partial charge on any atom is -0.479 e. The van der Waals surface area contributed by atoms with E-state index in [9.17, 15) is 9.59 Å². The predicted molar refractivity (Wildman–Crippen MR) is 111 cm³/mol. The van der Waals surface area contributed by atoms with Crippen molar-refractivity contribution < 1.29 is 14.3 Å². The van der Waals surface area contributed by atoms with Crippen LogP contribution in [0.4, 0.5) is 10.8 Å². The van der Waals surface area contributed by atoms with E-state index in [4.69, 9.17) is 4.74 Å². The summed E-state index contributed by atoms with van der Waals surface area (Å²) < 4.78 is 5.58. The molecule has 2 aliphatic rings. The van der Waals surface area contributed by atoms with E-state index in [0.29, 0.717) is 28.9 Å². The van der Waals surface area contributed by atoms with Gasteiger partial charge < -0.3 is 15.4 Å². The molecule has 1 aromatic carbocycles. The number of aromatic nitrogens is 1. The average Bonchev–Trinajstić information content (AvgIpc) is 3.16. The van der Waals surface area contributed by atoms with Crippen LogP contribution in [0.1, 0.15) is 51.9 Å². The molecule has 2 N–H and O–H groups in total. The molecule has 1 aromatic heterocycles. The second-order valence-corrected chi connectivity index (χ2v) is 8.45. The zero-order valence-corrected chi connectivity index (χ0v) is 16.8. The summed E-state index contributed by atoms with van der Waals surface area (Å²) in [6.45, 7) is 1.72. The third-order valence-corrected chi connectivity index (χ3v) is 6.22. The summed E-state index contributed by atoms with van der Waals surface area (Å²) in [4.78, 5) is 28.6. The number of anilines is 2. The summed E-state index contributed by atoms with van der Waals surface area (Å²) in [5.41, 5.74) is 2.28. The molecule has 1 saturated carbocycles. The van der Waals surface area contributed by atoms with Crippen LogP contribution in [0.5, 0.6) is 5.75 Å². The Kier molecular flexibility index (Phi) is 5.62. The second kappa shape index (κ2) is 8.31. The molecule has 148 valence electrons. The molecule has 28 heavy (non-hydrogen) atoms. The maximum Gasteiger partial charge on any atom is 0.265 e. The smallest absolute Gasteiger partial charge is 0.265 e. The van der Waals surface area contributed by atoms with Gasteiger partial charge in [0, 0.05) is 17.4 Å². The molecule has 2 aromatic rings. The highest BCUT2D eigenvalue weighted by atomic mass is 32.1. The molecule has 1 atom stereocenters. The average molecular weight is 400 g/mol. The van der Waals surface area contributed by atoms with Crippen LogP contribution in [0.2, 0.25) is 0 Å². The first-order valence-electron chi connectivity index (χ1n) is 9.96.